The number of amides is 1. The van der Waals surface area contributed by atoms with Crippen molar-refractivity contribution in [2.45, 2.75) is 122 Å². The lowest BCUT2D eigenvalue weighted by atomic mass is 10.0. The van der Waals surface area contributed by atoms with Crippen molar-refractivity contribution in [2.24, 2.45) is 0 Å². The van der Waals surface area contributed by atoms with Crippen molar-refractivity contribution in [1.29, 1.82) is 0 Å². The fourth-order valence-corrected chi connectivity index (χ4v) is 5.69. The number of hydrogen-bond donors (Lipinski definition) is 4. The normalized spacial score (nSPS) is 13.1. The summed E-state index contributed by atoms with van der Waals surface area (Å²) in [5.41, 5.74) is 1.89. The van der Waals surface area contributed by atoms with Crippen molar-refractivity contribution in [1.82, 2.24) is 5.32 Å². The quantitative estimate of drug-likeness (QED) is 0.0798. The van der Waals surface area contributed by atoms with E-state index in [0.29, 0.717) is 18.8 Å². The Bertz CT molecular complexity index is 995. The Morgan fingerprint density at radius 2 is 1.32 bits per heavy atom. The molecule has 0 saturated heterocycles. The summed E-state index contributed by atoms with van der Waals surface area (Å²) in [6.07, 6.45) is 14.5. The Hall–Kier alpha value is -2.18. The molecule has 0 saturated carbocycles. The molecule has 0 radical (unpaired) electrons. The van der Waals surface area contributed by atoms with E-state index in [1.54, 1.807) is 0 Å². The second-order valence-electron chi connectivity index (χ2n) is 11.2. The van der Waals surface area contributed by atoms with Gasteiger partial charge in [0.2, 0.25) is 5.91 Å². The predicted octanol–water partition coefficient (Wildman–Crippen LogP) is 7.31. The van der Waals surface area contributed by atoms with Crippen LogP contribution in [0, 0.1) is 0 Å². The second kappa shape index (κ2) is 20.7. The third-order valence-corrected chi connectivity index (χ3v) is 8.22. The Labute approximate surface area is 247 Å². The third-order valence-electron chi connectivity index (χ3n) is 7.37. The number of carbonyl (C=O) groups is 1. The van der Waals surface area contributed by atoms with Gasteiger partial charge in [-0.3, -0.25) is 9.36 Å². The zero-order valence-corrected chi connectivity index (χ0v) is 25.8. The maximum absolute atomic E-state index is 12.7. The van der Waals surface area contributed by atoms with E-state index in [9.17, 15) is 24.3 Å². The lowest BCUT2D eigenvalue weighted by Crippen LogP contribution is -2.46. The summed E-state index contributed by atoms with van der Waals surface area (Å²) < 4.78 is 17.4. The number of carbonyl (C=O) groups excluding carboxylic acids is 1. The number of rotatable bonds is 23. The topological polar surface area (TPSA) is 116 Å². The molecule has 2 aromatic carbocycles. The second-order valence-corrected chi connectivity index (χ2v) is 12.9. The van der Waals surface area contributed by atoms with E-state index >= 15 is 0 Å². The van der Waals surface area contributed by atoms with Gasteiger partial charge in [0.05, 0.1) is 18.3 Å². The zero-order valence-electron chi connectivity index (χ0n) is 24.9. The van der Waals surface area contributed by atoms with Gasteiger partial charge >= 0.3 is 7.60 Å². The molecule has 0 aliphatic heterocycles. The zero-order chi connectivity index (χ0) is 29.8. The highest BCUT2D eigenvalue weighted by molar-refractivity contribution is 7.51. The maximum Gasteiger partial charge on any atom is 0.328 e. The molecule has 0 aliphatic rings. The molecule has 0 aromatic heterocycles. The number of aliphatic hydroxyl groups excluding tert-OH is 1. The summed E-state index contributed by atoms with van der Waals surface area (Å²) in [5.74, 6) is 0.488. The van der Waals surface area contributed by atoms with Crippen molar-refractivity contribution in [3.05, 3.63) is 65.7 Å². The summed E-state index contributed by atoms with van der Waals surface area (Å²) in [6, 6.07) is 16.4. The van der Waals surface area contributed by atoms with Gasteiger partial charge in [0, 0.05) is 6.42 Å². The van der Waals surface area contributed by atoms with Crippen LogP contribution in [-0.2, 0) is 22.4 Å². The number of hydrogen-bond acceptors (Lipinski definition) is 4. The van der Waals surface area contributed by atoms with Crippen LogP contribution < -0.4 is 10.1 Å². The SMILES string of the molecule is CCCCCCCCCCCCCCCC(=O)N[C@@H](Cc1ccc(OCc2ccccc2)cc1)[C@H](O)CP(=O)(O)O. The molecule has 2 rings (SSSR count). The molecular weight excluding hydrogens is 537 g/mol. The van der Waals surface area contributed by atoms with E-state index < -0.39 is 25.9 Å². The highest BCUT2D eigenvalue weighted by atomic mass is 31.2. The number of ether oxygens (including phenoxy) is 1. The van der Waals surface area contributed by atoms with Crippen LogP contribution in [0.15, 0.2) is 54.6 Å². The molecule has 230 valence electrons. The summed E-state index contributed by atoms with van der Waals surface area (Å²) >= 11 is 0. The lowest BCUT2D eigenvalue weighted by Gasteiger charge is -2.25. The maximum atomic E-state index is 12.7. The van der Waals surface area contributed by atoms with Crippen LogP contribution in [-0.4, -0.2) is 39.1 Å². The molecule has 0 bridgehead atoms. The minimum absolute atomic E-state index is 0.203. The molecule has 0 fully saturated rings. The van der Waals surface area contributed by atoms with Crippen molar-refractivity contribution < 1.29 is 29.0 Å². The van der Waals surface area contributed by atoms with Crippen molar-refractivity contribution in [3.63, 3.8) is 0 Å². The van der Waals surface area contributed by atoms with Crippen LogP contribution in [0.25, 0.3) is 0 Å². The first-order valence-electron chi connectivity index (χ1n) is 15.5. The van der Waals surface area contributed by atoms with E-state index in [0.717, 1.165) is 30.4 Å². The fraction of sp³-hybridized carbons (Fsp3) is 0.606. The molecule has 0 spiro atoms. The average molecular weight is 590 g/mol. The van der Waals surface area contributed by atoms with Gasteiger partial charge in [-0.25, -0.2) is 0 Å². The molecule has 2 atom stereocenters. The Morgan fingerprint density at radius 1 is 0.780 bits per heavy atom. The van der Waals surface area contributed by atoms with Crippen molar-refractivity contribution >= 4 is 13.5 Å². The number of nitrogens with one attached hydrogen (secondary N) is 1. The minimum Gasteiger partial charge on any atom is -0.489 e. The van der Waals surface area contributed by atoms with E-state index in [-0.39, 0.29) is 12.3 Å². The van der Waals surface area contributed by atoms with Crippen molar-refractivity contribution in [2.75, 3.05) is 6.16 Å². The van der Waals surface area contributed by atoms with Gasteiger partial charge in [-0.2, -0.15) is 0 Å². The number of unbranched alkanes of at least 4 members (excludes halogenated alkanes) is 12. The lowest BCUT2D eigenvalue weighted by molar-refractivity contribution is -0.122. The molecule has 0 unspecified atom stereocenters. The molecule has 7 nitrogen and oxygen atoms in total. The standard InChI is InChI=1S/C33H52NO6P/c1-2-3-4-5-6-7-8-9-10-11-12-13-17-20-33(36)34-31(32(35)27-41(37,38)39)25-28-21-23-30(24-22-28)40-26-29-18-15-14-16-19-29/h14-16,18-19,21-24,31-32,35H,2-13,17,20,25-27H2,1H3,(H,34,36)(H2,37,38,39)/t31-,32+/m0/s1. The van der Waals surface area contributed by atoms with Gasteiger partial charge in [0.25, 0.3) is 0 Å². The van der Waals surface area contributed by atoms with E-state index in [1.165, 1.54) is 64.2 Å². The van der Waals surface area contributed by atoms with E-state index in [4.69, 9.17) is 4.74 Å². The molecule has 4 N–H and O–H groups in total. The van der Waals surface area contributed by atoms with Gasteiger partial charge in [0.15, 0.2) is 0 Å². The van der Waals surface area contributed by atoms with Gasteiger partial charge in [-0.1, -0.05) is 126 Å². The minimum atomic E-state index is -4.44. The van der Waals surface area contributed by atoms with E-state index in [1.807, 2.05) is 54.6 Å². The van der Waals surface area contributed by atoms with Gasteiger partial charge < -0.3 is 24.9 Å². The summed E-state index contributed by atoms with van der Waals surface area (Å²) in [6.45, 7) is 2.69. The first-order valence-corrected chi connectivity index (χ1v) is 17.3. The van der Waals surface area contributed by atoms with Gasteiger partial charge in [-0.15, -0.1) is 0 Å². The van der Waals surface area contributed by atoms with Crippen LogP contribution in [0.5, 0.6) is 5.75 Å². The summed E-state index contributed by atoms with van der Waals surface area (Å²) in [5, 5.41) is 13.4. The number of aliphatic hydroxyl groups is 1. The monoisotopic (exact) mass is 589 g/mol. The molecule has 8 heteroatoms. The van der Waals surface area contributed by atoms with Gasteiger partial charge in [-0.05, 0) is 36.1 Å². The molecule has 0 aliphatic carbocycles. The summed E-state index contributed by atoms with van der Waals surface area (Å²) in [4.78, 5) is 31.4. The molecular formula is C33H52NO6P. The Morgan fingerprint density at radius 3 is 1.85 bits per heavy atom. The first kappa shape index (κ1) is 35.0. The molecule has 41 heavy (non-hydrogen) atoms. The van der Waals surface area contributed by atoms with Crippen LogP contribution in [0.1, 0.15) is 108 Å². The number of benzene rings is 2. The largest absolute Gasteiger partial charge is 0.489 e. The Balaban J connectivity index is 1.71. The van der Waals surface area contributed by atoms with Gasteiger partial charge in [0.1, 0.15) is 12.4 Å². The predicted molar refractivity (Wildman–Crippen MR) is 166 cm³/mol. The fourth-order valence-electron chi connectivity index (χ4n) is 4.95. The molecule has 2 aromatic rings. The van der Waals surface area contributed by atoms with Crippen LogP contribution in [0.4, 0.5) is 0 Å². The molecule has 1 amide bonds. The highest BCUT2D eigenvalue weighted by Crippen LogP contribution is 2.35. The van der Waals surface area contributed by atoms with Crippen LogP contribution in [0.3, 0.4) is 0 Å². The molecule has 0 heterocycles. The summed E-state index contributed by atoms with van der Waals surface area (Å²) in [7, 11) is -4.44. The third kappa shape index (κ3) is 17.4. The average Bonchev–Trinajstić information content (AvgIpc) is 2.94. The van der Waals surface area contributed by atoms with E-state index in [2.05, 4.69) is 12.2 Å². The highest BCUT2D eigenvalue weighted by Gasteiger charge is 2.28. The van der Waals surface area contributed by atoms with Crippen LogP contribution >= 0.6 is 7.60 Å². The van der Waals surface area contributed by atoms with Crippen molar-refractivity contribution in [3.8, 4) is 5.75 Å². The Kier molecular flexibility index (Phi) is 17.6. The smallest absolute Gasteiger partial charge is 0.328 e. The first-order chi connectivity index (χ1) is 19.8. The van der Waals surface area contributed by atoms with Crippen LogP contribution in [0.2, 0.25) is 0 Å².